The van der Waals surface area contributed by atoms with Crippen molar-refractivity contribution in [2.75, 3.05) is 5.33 Å². The Kier molecular flexibility index (Phi) is 3.42. The van der Waals surface area contributed by atoms with Gasteiger partial charge in [0.2, 0.25) is 5.91 Å². The summed E-state index contributed by atoms with van der Waals surface area (Å²) in [5.74, 6) is 0.992. The van der Waals surface area contributed by atoms with E-state index in [2.05, 4.69) is 45.1 Å². The monoisotopic (exact) mass is 307 g/mol. The molecule has 1 atom stereocenters. The van der Waals surface area contributed by atoms with Gasteiger partial charge in [0, 0.05) is 12.6 Å². The van der Waals surface area contributed by atoms with Crippen molar-refractivity contribution in [1.82, 2.24) is 4.90 Å². The van der Waals surface area contributed by atoms with E-state index in [1.807, 2.05) is 0 Å². The Labute approximate surface area is 116 Å². The lowest BCUT2D eigenvalue weighted by Crippen LogP contribution is -2.41. The minimum absolute atomic E-state index is 0.239. The highest BCUT2D eigenvalue weighted by molar-refractivity contribution is 9.09. The van der Waals surface area contributed by atoms with Crippen LogP contribution >= 0.6 is 15.9 Å². The Morgan fingerprint density at radius 3 is 2.61 bits per heavy atom. The van der Waals surface area contributed by atoms with Crippen molar-refractivity contribution in [3.63, 3.8) is 0 Å². The van der Waals surface area contributed by atoms with E-state index in [1.54, 1.807) is 0 Å². The fraction of sp³-hybridized carbons (Fsp3) is 0.533. The van der Waals surface area contributed by atoms with Gasteiger partial charge in [-0.25, -0.2) is 0 Å². The number of hydrogen-bond donors (Lipinski definition) is 0. The maximum absolute atomic E-state index is 12.2. The van der Waals surface area contributed by atoms with Gasteiger partial charge in [-0.05, 0) is 42.7 Å². The quantitative estimate of drug-likeness (QED) is 0.769. The average Bonchev–Trinajstić information content (AvgIpc) is 3.22. The summed E-state index contributed by atoms with van der Waals surface area (Å²) in [6.07, 6.45) is 4.84. The van der Waals surface area contributed by atoms with Crippen LogP contribution in [0.25, 0.3) is 0 Å². The molecule has 1 amide bonds. The Morgan fingerprint density at radius 2 is 1.94 bits per heavy atom. The van der Waals surface area contributed by atoms with Crippen molar-refractivity contribution in [1.29, 1.82) is 0 Å². The first-order valence-electron chi connectivity index (χ1n) is 6.72. The highest BCUT2D eigenvalue weighted by atomic mass is 79.9. The molecule has 2 aliphatic rings. The molecule has 3 rings (SSSR count). The van der Waals surface area contributed by atoms with Gasteiger partial charge in [0.15, 0.2) is 0 Å². The van der Waals surface area contributed by atoms with Gasteiger partial charge in [0.1, 0.15) is 0 Å². The fourth-order valence-corrected chi connectivity index (χ4v) is 3.36. The summed E-state index contributed by atoms with van der Waals surface area (Å²) in [4.78, 5) is 14.3. The van der Waals surface area contributed by atoms with Crippen LogP contribution in [-0.2, 0) is 17.8 Å². The third-order valence-electron chi connectivity index (χ3n) is 4.17. The SMILES string of the molecule is O=C(CBr)N1Cc2ccccc2CC[C@H]1C1CC1. The number of carbonyl (C=O) groups excluding carboxylic acids is 1. The third kappa shape index (κ3) is 2.33. The number of hydrogen-bond acceptors (Lipinski definition) is 1. The van der Waals surface area contributed by atoms with Gasteiger partial charge in [0.25, 0.3) is 0 Å². The van der Waals surface area contributed by atoms with Gasteiger partial charge in [-0.15, -0.1) is 0 Å². The molecule has 1 aliphatic heterocycles. The highest BCUT2D eigenvalue weighted by Crippen LogP contribution is 2.39. The Balaban J connectivity index is 1.90. The van der Waals surface area contributed by atoms with E-state index in [4.69, 9.17) is 0 Å². The van der Waals surface area contributed by atoms with E-state index < -0.39 is 0 Å². The second-order valence-corrected chi connectivity index (χ2v) is 5.93. The number of amides is 1. The molecule has 0 N–H and O–H groups in total. The smallest absolute Gasteiger partial charge is 0.233 e. The molecule has 0 saturated heterocycles. The van der Waals surface area contributed by atoms with E-state index in [1.165, 1.54) is 24.0 Å². The molecule has 1 aliphatic carbocycles. The zero-order chi connectivity index (χ0) is 12.5. The Hall–Kier alpha value is -0.830. The third-order valence-corrected chi connectivity index (χ3v) is 4.65. The van der Waals surface area contributed by atoms with Crippen molar-refractivity contribution >= 4 is 21.8 Å². The number of nitrogens with zero attached hydrogens (tertiary/aromatic N) is 1. The van der Waals surface area contributed by atoms with Crippen LogP contribution in [0.2, 0.25) is 0 Å². The first kappa shape index (κ1) is 12.2. The van der Waals surface area contributed by atoms with Gasteiger partial charge >= 0.3 is 0 Å². The van der Waals surface area contributed by atoms with E-state index in [0.717, 1.165) is 25.3 Å². The minimum atomic E-state index is 0.239. The molecule has 1 aromatic rings. The molecule has 1 heterocycles. The van der Waals surface area contributed by atoms with Crippen molar-refractivity contribution in [2.24, 2.45) is 5.92 Å². The molecule has 1 fully saturated rings. The van der Waals surface area contributed by atoms with Gasteiger partial charge in [0.05, 0.1) is 5.33 Å². The lowest BCUT2D eigenvalue weighted by molar-refractivity contribution is -0.131. The zero-order valence-corrected chi connectivity index (χ0v) is 12.0. The van der Waals surface area contributed by atoms with Crippen molar-refractivity contribution in [3.05, 3.63) is 35.4 Å². The first-order valence-corrected chi connectivity index (χ1v) is 7.84. The van der Waals surface area contributed by atoms with E-state index in [0.29, 0.717) is 11.4 Å². The largest absolute Gasteiger partial charge is 0.334 e. The molecule has 0 bridgehead atoms. The number of alkyl halides is 1. The van der Waals surface area contributed by atoms with Gasteiger partial charge in [-0.1, -0.05) is 40.2 Å². The molecule has 18 heavy (non-hydrogen) atoms. The van der Waals surface area contributed by atoms with Crippen LogP contribution in [0.4, 0.5) is 0 Å². The van der Waals surface area contributed by atoms with E-state index in [-0.39, 0.29) is 5.91 Å². The molecule has 0 unspecified atom stereocenters. The number of fused-ring (bicyclic) bond motifs is 1. The Morgan fingerprint density at radius 1 is 1.22 bits per heavy atom. The maximum Gasteiger partial charge on any atom is 0.233 e. The number of carbonyl (C=O) groups is 1. The summed E-state index contributed by atoms with van der Waals surface area (Å²) >= 11 is 3.32. The standard InChI is InChI=1S/C15H18BrNO/c16-9-15(18)17-10-13-4-2-1-3-11(13)7-8-14(17)12-5-6-12/h1-4,12,14H,5-10H2/t14-/m0/s1. The normalized spacial score (nSPS) is 23.4. The zero-order valence-electron chi connectivity index (χ0n) is 10.4. The average molecular weight is 308 g/mol. The molecular weight excluding hydrogens is 290 g/mol. The van der Waals surface area contributed by atoms with Crippen LogP contribution in [0.1, 0.15) is 30.4 Å². The van der Waals surface area contributed by atoms with Crippen LogP contribution in [0.15, 0.2) is 24.3 Å². The lowest BCUT2D eigenvalue weighted by Gasteiger charge is -2.30. The summed E-state index contributed by atoms with van der Waals surface area (Å²) in [5, 5.41) is 0.443. The fourth-order valence-electron chi connectivity index (χ4n) is 3.04. The second kappa shape index (κ2) is 5.04. The number of rotatable bonds is 2. The summed E-state index contributed by atoms with van der Waals surface area (Å²) < 4.78 is 0. The predicted octanol–water partition coefficient (Wildman–Crippen LogP) is 3.13. The topological polar surface area (TPSA) is 20.3 Å². The summed E-state index contributed by atoms with van der Waals surface area (Å²) in [7, 11) is 0. The minimum Gasteiger partial charge on any atom is -0.334 e. The van der Waals surface area contributed by atoms with Gasteiger partial charge in [-0.2, -0.15) is 0 Å². The van der Waals surface area contributed by atoms with Crippen LogP contribution in [0, 0.1) is 5.92 Å². The van der Waals surface area contributed by atoms with Crippen LogP contribution < -0.4 is 0 Å². The second-order valence-electron chi connectivity index (χ2n) is 5.37. The Bertz CT molecular complexity index is 456. The van der Waals surface area contributed by atoms with Crippen LogP contribution in [0.3, 0.4) is 0 Å². The maximum atomic E-state index is 12.2. The highest BCUT2D eigenvalue weighted by Gasteiger charge is 2.38. The molecule has 3 heteroatoms. The first-order chi connectivity index (χ1) is 8.79. The molecule has 1 aromatic carbocycles. The van der Waals surface area contributed by atoms with Crippen molar-refractivity contribution in [3.8, 4) is 0 Å². The molecule has 0 spiro atoms. The molecule has 1 saturated carbocycles. The number of benzene rings is 1. The molecule has 2 nitrogen and oxygen atoms in total. The van der Waals surface area contributed by atoms with Crippen LogP contribution in [-0.4, -0.2) is 22.2 Å². The molecular formula is C15H18BrNO. The molecule has 96 valence electrons. The molecule has 0 radical (unpaired) electrons. The lowest BCUT2D eigenvalue weighted by atomic mass is 10.0. The predicted molar refractivity (Wildman–Crippen MR) is 75.6 cm³/mol. The molecule has 0 aromatic heterocycles. The number of aryl methyl sites for hydroxylation is 1. The number of halogens is 1. The van der Waals surface area contributed by atoms with Crippen LogP contribution in [0.5, 0.6) is 0 Å². The van der Waals surface area contributed by atoms with E-state index >= 15 is 0 Å². The summed E-state index contributed by atoms with van der Waals surface area (Å²) in [6.45, 7) is 0.793. The van der Waals surface area contributed by atoms with Crippen molar-refractivity contribution < 1.29 is 4.79 Å². The van der Waals surface area contributed by atoms with E-state index in [9.17, 15) is 4.79 Å². The summed E-state index contributed by atoms with van der Waals surface area (Å²) in [6, 6.07) is 9.02. The van der Waals surface area contributed by atoms with Crippen molar-refractivity contribution in [2.45, 2.75) is 38.3 Å². The van der Waals surface area contributed by atoms with Gasteiger partial charge < -0.3 is 4.90 Å². The summed E-state index contributed by atoms with van der Waals surface area (Å²) in [5.41, 5.74) is 2.75. The van der Waals surface area contributed by atoms with Gasteiger partial charge in [-0.3, -0.25) is 4.79 Å².